The van der Waals surface area contributed by atoms with Gasteiger partial charge in [0.1, 0.15) is 4.90 Å². The minimum Gasteiger partial charge on any atom is -0.342 e. The van der Waals surface area contributed by atoms with Crippen molar-refractivity contribution in [1.29, 1.82) is 0 Å². The molecule has 160 valence electrons. The van der Waals surface area contributed by atoms with Crippen LogP contribution in [0, 0.1) is 5.92 Å². The van der Waals surface area contributed by atoms with Crippen LogP contribution in [0.4, 0.5) is 5.95 Å². The second-order valence-electron chi connectivity index (χ2n) is 8.82. The van der Waals surface area contributed by atoms with Crippen molar-refractivity contribution in [3.8, 4) is 0 Å². The highest BCUT2D eigenvalue weighted by Crippen LogP contribution is 2.34. The number of carbonyl (C=O) groups is 1. The van der Waals surface area contributed by atoms with Crippen LogP contribution in [0.5, 0.6) is 0 Å². The Morgan fingerprint density at radius 2 is 1.62 bits per heavy atom. The SMILES string of the molecule is CS(=O)(=O)c1cnc(N2CCCCC2)nc1C1CCN(C(=O)C2CCCC2)CC1. The second kappa shape index (κ2) is 8.58. The van der Waals surface area contributed by atoms with E-state index in [4.69, 9.17) is 4.98 Å². The van der Waals surface area contributed by atoms with Gasteiger partial charge < -0.3 is 9.80 Å². The van der Waals surface area contributed by atoms with Crippen molar-refractivity contribution in [3.05, 3.63) is 11.9 Å². The molecule has 8 heteroatoms. The number of carbonyl (C=O) groups excluding carboxylic acids is 1. The lowest BCUT2D eigenvalue weighted by Gasteiger charge is -2.34. The van der Waals surface area contributed by atoms with Crippen molar-refractivity contribution in [2.75, 3.05) is 37.3 Å². The maximum absolute atomic E-state index is 12.7. The van der Waals surface area contributed by atoms with Crippen LogP contribution in [-0.4, -0.2) is 61.6 Å². The van der Waals surface area contributed by atoms with E-state index in [0.29, 0.717) is 30.6 Å². The molecular weight excluding hydrogens is 388 g/mol. The molecule has 2 saturated heterocycles. The molecule has 1 aromatic heterocycles. The Kier molecular flexibility index (Phi) is 6.08. The number of anilines is 1. The number of piperidine rings is 2. The Balaban J connectivity index is 1.52. The molecular formula is C21H32N4O3S. The van der Waals surface area contributed by atoms with Crippen molar-refractivity contribution in [2.24, 2.45) is 5.92 Å². The van der Waals surface area contributed by atoms with E-state index in [1.165, 1.54) is 18.9 Å². The van der Waals surface area contributed by atoms with Gasteiger partial charge in [0.05, 0.1) is 11.9 Å². The van der Waals surface area contributed by atoms with Gasteiger partial charge in [-0.2, -0.15) is 0 Å². The molecule has 1 aromatic rings. The molecule has 3 heterocycles. The van der Waals surface area contributed by atoms with E-state index < -0.39 is 9.84 Å². The van der Waals surface area contributed by atoms with Gasteiger partial charge in [0.25, 0.3) is 0 Å². The number of sulfone groups is 1. The average Bonchev–Trinajstić information content (AvgIpc) is 3.28. The van der Waals surface area contributed by atoms with Gasteiger partial charge in [-0.05, 0) is 44.9 Å². The van der Waals surface area contributed by atoms with Gasteiger partial charge in [-0.1, -0.05) is 12.8 Å². The second-order valence-corrected chi connectivity index (χ2v) is 10.8. The predicted octanol–water partition coefficient (Wildman–Crippen LogP) is 2.77. The quantitative estimate of drug-likeness (QED) is 0.745. The summed E-state index contributed by atoms with van der Waals surface area (Å²) in [5.74, 6) is 1.19. The summed E-state index contributed by atoms with van der Waals surface area (Å²) in [6.07, 6.45) is 12.1. The van der Waals surface area contributed by atoms with E-state index in [1.807, 2.05) is 4.90 Å². The third-order valence-corrected chi connectivity index (χ3v) is 7.82. The lowest BCUT2D eigenvalue weighted by atomic mass is 9.92. The number of likely N-dealkylation sites (tertiary alicyclic amines) is 1. The van der Waals surface area contributed by atoms with Crippen molar-refractivity contribution < 1.29 is 13.2 Å². The number of aromatic nitrogens is 2. The van der Waals surface area contributed by atoms with Crippen molar-refractivity contribution in [3.63, 3.8) is 0 Å². The Labute approximate surface area is 173 Å². The average molecular weight is 421 g/mol. The molecule has 0 aromatic carbocycles. The lowest BCUT2D eigenvalue weighted by molar-refractivity contribution is -0.136. The van der Waals surface area contributed by atoms with Crippen LogP contribution in [0.1, 0.15) is 69.4 Å². The first-order valence-electron chi connectivity index (χ1n) is 11.0. The van der Waals surface area contributed by atoms with Crippen molar-refractivity contribution in [2.45, 2.75) is 68.6 Å². The largest absolute Gasteiger partial charge is 0.342 e. The van der Waals surface area contributed by atoms with Gasteiger partial charge in [0, 0.05) is 44.3 Å². The third kappa shape index (κ3) is 4.57. The fourth-order valence-corrected chi connectivity index (χ4v) is 5.84. The van der Waals surface area contributed by atoms with Crippen molar-refractivity contribution >= 4 is 21.7 Å². The third-order valence-electron chi connectivity index (χ3n) is 6.71. The fourth-order valence-electron chi connectivity index (χ4n) is 5.00. The van der Waals surface area contributed by atoms with Gasteiger partial charge in [-0.3, -0.25) is 4.79 Å². The molecule has 3 fully saturated rings. The van der Waals surface area contributed by atoms with Gasteiger partial charge >= 0.3 is 0 Å². The monoisotopic (exact) mass is 420 g/mol. The highest BCUT2D eigenvalue weighted by atomic mass is 32.2. The van der Waals surface area contributed by atoms with E-state index in [0.717, 1.165) is 64.5 Å². The van der Waals surface area contributed by atoms with Crippen molar-refractivity contribution in [1.82, 2.24) is 14.9 Å². The van der Waals surface area contributed by atoms with Crippen LogP contribution in [0.2, 0.25) is 0 Å². The molecule has 0 spiro atoms. The molecule has 2 aliphatic heterocycles. The molecule has 0 bridgehead atoms. The fraction of sp³-hybridized carbons (Fsp3) is 0.762. The first-order chi connectivity index (χ1) is 13.9. The minimum atomic E-state index is -3.40. The normalized spacial score (nSPS) is 22.2. The molecule has 29 heavy (non-hydrogen) atoms. The van der Waals surface area contributed by atoms with Crippen LogP contribution < -0.4 is 4.90 Å². The molecule has 1 amide bonds. The van der Waals surface area contributed by atoms with Crippen LogP contribution in [-0.2, 0) is 14.6 Å². The van der Waals surface area contributed by atoms with Crippen LogP contribution >= 0.6 is 0 Å². The van der Waals surface area contributed by atoms with Gasteiger partial charge in [-0.25, -0.2) is 18.4 Å². The standard InChI is InChI=1S/C21H32N4O3S/c1-29(27,28)18-15-22-21(25-11-5-2-6-12-25)23-19(18)16-9-13-24(14-10-16)20(26)17-7-3-4-8-17/h15-17H,2-14H2,1H3. The van der Waals surface area contributed by atoms with Gasteiger partial charge in [0.15, 0.2) is 9.84 Å². The highest BCUT2D eigenvalue weighted by Gasteiger charge is 2.33. The zero-order chi connectivity index (χ0) is 20.4. The maximum Gasteiger partial charge on any atom is 0.225 e. The molecule has 7 nitrogen and oxygen atoms in total. The van der Waals surface area contributed by atoms with E-state index in [1.54, 1.807) is 0 Å². The zero-order valence-corrected chi connectivity index (χ0v) is 18.2. The van der Waals surface area contributed by atoms with Crippen LogP contribution in [0.3, 0.4) is 0 Å². The van der Waals surface area contributed by atoms with Crippen LogP contribution in [0.25, 0.3) is 0 Å². The van der Waals surface area contributed by atoms with E-state index in [9.17, 15) is 13.2 Å². The predicted molar refractivity (Wildman–Crippen MR) is 112 cm³/mol. The number of nitrogens with zero attached hydrogens (tertiary/aromatic N) is 4. The number of hydrogen-bond donors (Lipinski definition) is 0. The topological polar surface area (TPSA) is 83.5 Å². The highest BCUT2D eigenvalue weighted by molar-refractivity contribution is 7.90. The summed E-state index contributed by atoms with van der Waals surface area (Å²) in [5.41, 5.74) is 0.649. The molecule has 0 unspecified atom stereocenters. The number of amides is 1. The Hall–Kier alpha value is -1.70. The summed E-state index contributed by atoms with van der Waals surface area (Å²) in [6, 6.07) is 0. The first-order valence-corrected chi connectivity index (χ1v) is 12.9. The number of hydrogen-bond acceptors (Lipinski definition) is 6. The summed E-state index contributed by atoms with van der Waals surface area (Å²) in [7, 11) is -3.40. The van der Waals surface area contributed by atoms with E-state index in [2.05, 4.69) is 9.88 Å². The minimum absolute atomic E-state index is 0.0545. The Morgan fingerprint density at radius 1 is 0.966 bits per heavy atom. The summed E-state index contributed by atoms with van der Waals surface area (Å²) in [4.78, 5) is 26.3. The Morgan fingerprint density at radius 3 is 2.24 bits per heavy atom. The molecule has 0 radical (unpaired) electrons. The molecule has 1 aliphatic carbocycles. The van der Waals surface area contributed by atoms with Gasteiger partial charge in [0.2, 0.25) is 11.9 Å². The molecule has 4 rings (SSSR count). The summed E-state index contributed by atoms with van der Waals surface area (Å²) in [6.45, 7) is 3.22. The molecule has 0 N–H and O–H groups in total. The van der Waals surface area contributed by atoms with E-state index in [-0.39, 0.29) is 16.7 Å². The van der Waals surface area contributed by atoms with Crippen LogP contribution in [0.15, 0.2) is 11.1 Å². The molecule has 3 aliphatic rings. The summed E-state index contributed by atoms with van der Waals surface area (Å²) >= 11 is 0. The smallest absolute Gasteiger partial charge is 0.225 e. The van der Waals surface area contributed by atoms with E-state index >= 15 is 0 Å². The Bertz CT molecular complexity index is 837. The number of rotatable bonds is 4. The van der Waals surface area contributed by atoms with Gasteiger partial charge in [-0.15, -0.1) is 0 Å². The maximum atomic E-state index is 12.7. The summed E-state index contributed by atoms with van der Waals surface area (Å²) in [5, 5.41) is 0. The zero-order valence-electron chi connectivity index (χ0n) is 17.3. The molecule has 0 atom stereocenters. The lowest BCUT2D eigenvalue weighted by Crippen LogP contribution is -2.41. The molecule has 1 saturated carbocycles. The summed E-state index contributed by atoms with van der Waals surface area (Å²) < 4.78 is 24.7. The first kappa shape index (κ1) is 20.6.